The van der Waals surface area contributed by atoms with E-state index in [9.17, 15) is 4.79 Å². The second-order valence-electron chi connectivity index (χ2n) is 4.43. The Bertz CT molecular complexity index is 219. The maximum absolute atomic E-state index is 11.3. The lowest BCUT2D eigenvalue weighted by Crippen LogP contribution is -2.55. The Morgan fingerprint density at radius 2 is 2.20 bits per heavy atom. The molecule has 2 atom stereocenters. The van der Waals surface area contributed by atoms with E-state index in [-0.39, 0.29) is 5.91 Å². The van der Waals surface area contributed by atoms with Crippen molar-refractivity contribution in [3.8, 4) is 0 Å². The summed E-state index contributed by atoms with van der Waals surface area (Å²) in [6, 6.07) is -0.0249. The highest BCUT2D eigenvalue weighted by molar-refractivity contribution is 5.80. The molecule has 0 aromatic rings. The Hall–Kier alpha value is -0.650. The first-order valence-corrected chi connectivity index (χ1v) is 5.42. The molecule has 1 aliphatic rings. The van der Waals surface area contributed by atoms with Crippen LogP contribution in [0.15, 0.2) is 0 Å². The summed E-state index contributed by atoms with van der Waals surface area (Å²) in [4.78, 5) is 15.9. The summed E-state index contributed by atoms with van der Waals surface area (Å²) in [5.74, 6) is -0.0726. The summed E-state index contributed by atoms with van der Waals surface area (Å²) in [5, 5.41) is 2.87. The lowest BCUT2D eigenvalue weighted by atomic mass is 10.2. The molecule has 1 amide bonds. The maximum atomic E-state index is 11.3. The SMILES string of the molecule is C[C@@H](N)C(=O)NCC1CN(C)CCN1C. The van der Waals surface area contributed by atoms with Crippen molar-refractivity contribution in [2.75, 3.05) is 40.3 Å². The fourth-order valence-corrected chi connectivity index (χ4v) is 1.70. The zero-order chi connectivity index (χ0) is 11.4. The summed E-state index contributed by atoms with van der Waals surface area (Å²) in [7, 11) is 4.20. The van der Waals surface area contributed by atoms with E-state index in [4.69, 9.17) is 5.73 Å². The normalized spacial score (nSPS) is 26.3. The van der Waals surface area contributed by atoms with Gasteiger partial charge in [-0.1, -0.05) is 0 Å². The second kappa shape index (κ2) is 5.44. The van der Waals surface area contributed by atoms with E-state index < -0.39 is 6.04 Å². The van der Waals surface area contributed by atoms with Crippen LogP contribution >= 0.6 is 0 Å². The minimum Gasteiger partial charge on any atom is -0.353 e. The van der Waals surface area contributed by atoms with Gasteiger partial charge in [0.2, 0.25) is 5.91 Å². The number of hydrogen-bond donors (Lipinski definition) is 2. The molecule has 5 nitrogen and oxygen atoms in total. The predicted octanol–water partition coefficient (Wildman–Crippen LogP) is -1.30. The van der Waals surface area contributed by atoms with Crippen LogP contribution in [-0.2, 0) is 4.79 Å². The van der Waals surface area contributed by atoms with E-state index in [1.54, 1.807) is 6.92 Å². The van der Waals surface area contributed by atoms with Gasteiger partial charge in [0, 0.05) is 32.2 Å². The van der Waals surface area contributed by atoms with E-state index in [0.29, 0.717) is 12.6 Å². The van der Waals surface area contributed by atoms with Crippen LogP contribution in [0.5, 0.6) is 0 Å². The van der Waals surface area contributed by atoms with Crippen LogP contribution in [0.3, 0.4) is 0 Å². The number of nitrogens with zero attached hydrogens (tertiary/aromatic N) is 2. The Morgan fingerprint density at radius 1 is 1.53 bits per heavy atom. The van der Waals surface area contributed by atoms with E-state index in [1.807, 2.05) is 0 Å². The third kappa shape index (κ3) is 3.77. The molecule has 5 heteroatoms. The number of carbonyl (C=O) groups excluding carboxylic acids is 1. The molecule has 0 bridgehead atoms. The minimum atomic E-state index is -0.420. The highest BCUT2D eigenvalue weighted by atomic mass is 16.2. The molecule has 1 rings (SSSR count). The van der Waals surface area contributed by atoms with Crippen LogP contribution in [0.25, 0.3) is 0 Å². The number of carbonyl (C=O) groups is 1. The molecule has 0 aromatic carbocycles. The van der Waals surface area contributed by atoms with Crippen molar-refractivity contribution < 1.29 is 4.79 Å². The van der Waals surface area contributed by atoms with Gasteiger partial charge in [0.05, 0.1) is 6.04 Å². The van der Waals surface area contributed by atoms with Crippen molar-refractivity contribution in [2.24, 2.45) is 5.73 Å². The van der Waals surface area contributed by atoms with E-state index >= 15 is 0 Å². The molecule has 1 heterocycles. The highest BCUT2D eigenvalue weighted by Gasteiger charge is 2.22. The standard InChI is InChI=1S/C10H22N4O/c1-8(11)10(15)12-6-9-7-13(2)4-5-14(9)3/h8-9H,4-7,11H2,1-3H3,(H,12,15)/t8-,9?/m1/s1. The van der Waals surface area contributed by atoms with Crippen LogP contribution in [0.1, 0.15) is 6.92 Å². The first kappa shape index (κ1) is 12.4. The van der Waals surface area contributed by atoms with Crippen molar-refractivity contribution in [3.05, 3.63) is 0 Å². The molecule has 0 saturated carbocycles. The van der Waals surface area contributed by atoms with Gasteiger partial charge in [-0.3, -0.25) is 9.69 Å². The first-order valence-electron chi connectivity index (χ1n) is 5.42. The molecule has 1 saturated heterocycles. The molecule has 0 spiro atoms. The monoisotopic (exact) mass is 214 g/mol. The zero-order valence-corrected chi connectivity index (χ0v) is 9.86. The van der Waals surface area contributed by atoms with Gasteiger partial charge >= 0.3 is 0 Å². The van der Waals surface area contributed by atoms with E-state index in [0.717, 1.165) is 19.6 Å². The van der Waals surface area contributed by atoms with E-state index in [1.165, 1.54) is 0 Å². The van der Waals surface area contributed by atoms with Gasteiger partial charge in [-0.25, -0.2) is 0 Å². The third-order valence-corrected chi connectivity index (χ3v) is 2.91. The number of likely N-dealkylation sites (N-methyl/N-ethyl adjacent to an activating group) is 2. The summed E-state index contributed by atoms with van der Waals surface area (Å²) in [6.45, 7) is 5.52. The fourth-order valence-electron chi connectivity index (χ4n) is 1.70. The fraction of sp³-hybridized carbons (Fsp3) is 0.900. The van der Waals surface area contributed by atoms with Crippen LogP contribution in [0, 0.1) is 0 Å². The van der Waals surface area contributed by atoms with E-state index in [2.05, 4.69) is 29.2 Å². The van der Waals surface area contributed by atoms with Crippen molar-refractivity contribution in [1.82, 2.24) is 15.1 Å². The minimum absolute atomic E-state index is 0.0726. The Labute approximate surface area is 91.6 Å². The molecule has 0 aromatic heterocycles. The molecule has 1 aliphatic heterocycles. The van der Waals surface area contributed by atoms with Gasteiger partial charge < -0.3 is 16.0 Å². The number of nitrogens with two attached hydrogens (primary N) is 1. The van der Waals surface area contributed by atoms with Gasteiger partial charge in [0.25, 0.3) is 0 Å². The van der Waals surface area contributed by atoms with Crippen LogP contribution < -0.4 is 11.1 Å². The Balaban J connectivity index is 2.33. The molecule has 1 fully saturated rings. The molecule has 1 unspecified atom stereocenters. The van der Waals surface area contributed by atoms with Gasteiger partial charge in [0.15, 0.2) is 0 Å². The third-order valence-electron chi connectivity index (χ3n) is 2.91. The lowest BCUT2D eigenvalue weighted by Gasteiger charge is -2.37. The van der Waals surface area contributed by atoms with Gasteiger partial charge in [-0.2, -0.15) is 0 Å². The first-order chi connectivity index (χ1) is 7.00. The lowest BCUT2D eigenvalue weighted by molar-refractivity contribution is -0.122. The van der Waals surface area contributed by atoms with Crippen LogP contribution in [-0.4, -0.2) is 68.1 Å². The number of amides is 1. The summed E-state index contributed by atoms with van der Waals surface area (Å²) >= 11 is 0. The average Bonchev–Trinajstić information content (AvgIpc) is 2.18. The summed E-state index contributed by atoms with van der Waals surface area (Å²) in [5.41, 5.74) is 5.48. The smallest absolute Gasteiger partial charge is 0.236 e. The molecule has 0 aliphatic carbocycles. The Morgan fingerprint density at radius 3 is 2.80 bits per heavy atom. The molecular weight excluding hydrogens is 192 g/mol. The highest BCUT2D eigenvalue weighted by Crippen LogP contribution is 2.04. The molecule has 15 heavy (non-hydrogen) atoms. The predicted molar refractivity (Wildman–Crippen MR) is 60.6 cm³/mol. The average molecular weight is 214 g/mol. The topological polar surface area (TPSA) is 61.6 Å². The van der Waals surface area contributed by atoms with Crippen molar-refractivity contribution in [2.45, 2.75) is 19.0 Å². The maximum Gasteiger partial charge on any atom is 0.236 e. The molecule has 88 valence electrons. The summed E-state index contributed by atoms with van der Waals surface area (Å²) < 4.78 is 0. The number of hydrogen-bond acceptors (Lipinski definition) is 4. The van der Waals surface area contributed by atoms with Gasteiger partial charge in [-0.15, -0.1) is 0 Å². The largest absolute Gasteiger partial charge is 0.353 e. The Kier molecular flexibility index (Phi) is 4.50. The molecule has 3 N–H and O–H groups in total. The molecular formula is C10H22N4O. The molecule has 0 radical (unpaired) electrons. The quantitative estimate of drug-likeness (QED) is 0.613. The van der Waals surface area contributed by atoms with Gasteiger partial charge in [0.1, 0.15) is 0 Å². The number of piperazine rings is 1. The second-order valence-corrected chi connectivity index (χ2v) is 4.43. The van der Waals surface area contributed by atoms with Crippen molar-refractivity contribution in [1.29, 1.82) is 0 Å². The van der Waals surface area contributed by atoms with Gasteiger partial charge in [-0.05, 0) is 21.0 Å². The number of nitrogens with one attached hydrogen (secondary N) is 1. The summed E-state index contributed by atoms with van der Waals surface area (Å²) in [6.07, 6.45) is 0. The van der Waals surface area contributed by atoms with Crippen LogP contribution in [0.4, 0.5) is 0 Å². The van der Waals surface area contributed by atoms with Crippen LogP contribution in [0.2, 0.25) is 0 Å². The van der Waals surface area contributed by atoms with Crippen molar-refractivity contribution in [3.63, 3.8) is 0 Å². The van der Waals surface area contributed by atoms with Crippen molar-refractivity contribution >= 4 is 5.91 Å². The zero-order valence-electron chi connectivity index (χ0n) is 9.86. The number of rotatable bonds is 3.